The molecule has 0 amide bonds. The molecule has 1 rings (SSSR count). The van der Waals surface area contributed by atoms with Gasteiger partial charge in [-0.15, -0.1) is 0 Å². The van der Waals surface area contributed by atoms with Gasteiger partial charge in [-0.3, -0.25) is 0 Å². The molecule has 0 aromatic rings. The first-order valence-corrected chi connectivity index (χ1v) is 7.99. The van der Waals surface area contributed by atoms with Crippen LogP contribution in [0, 0.1) is 17.3 Å². The van der Waals surface area contributed by atoms with E-state index in [1.165, 1.54) is 0 Å². The van der Waals surface area contributed by atoms with Crippen molar-refractivity contribution < 1.29 is 8.42 Å². The van der Waals surface area contributed by atoms with E-state index in [4.69, 9.17) is 0 Å². The van der Waals surface area contributed by atoms with Crippen LogP contribution < -0.4 is 5.32 Å². The summed E-state index contributed by atoms with van der Waals surface area (Å²) in [7, 11) is -2.75. The van der Waals surface area contributed by atoms with Crippen LogP contribution >= 0.6 is 0 Å². The Labute approximate surface area is 99.9 Å². The Morgan fingerprint density at radius 3 is 2.38 bits per heavy atom. The molecule has 1 saturated heterocycles. The minimum absolute atomic E-state index is 0.173. The third-order valence-electron chi connectivity index (χ3n) is 3.56. The number of hydrogen-bond donors (Lipinski definition) is 1. The van der Waals surface area contributed by atoms with Gasteiger partial charge in [0.05, 0.1) is 11.5 Å². The summed E-state index contributed by atoms with van der Waals surface area (Å²) in [6.07, 6.45) is 0.843. The predicted octanol–water partition coefficient (Wildman–Crippen LogP) is 1.69. The van der Waals surface area contributed by atoms with Gasteiger partial charge >= 0.3 is 0 Å². The Hall–Kier alpha value is -0.0900. The first kappa shape index (κ1) is 14.0. The molecule has 0 spiro atoms. The molecule has 2 atom stereocenters. The molecule has 0 aromatic heterocycles. The quantitative estimate of drug-likeness (QED) is 0.822. The van der Waals surface area contributed by atoms with Gasteiger partial charge in [0.2, 0.25) is 0 Å². The number of sulfone groups is 1. The molecule has 0 saturated carbocycles. The highest BCUT2D eigenvalue weighted by molar-refractivity contribution is 7.91. The lowest BCUT2D eigenvalue weighted by molar-refractivity contribution is 0.167. The highest BCUT2D eigenvalue weighted by Crippen LogP contribution is 2.37. The Morgan fingerprint density at radius 2 is 2.00 bits per heavy atom. The van der Waals surface area contributed by atoms with Crippen molar-refractivity contribution in [3.05, 3.63) is 0 Å². The molecule has 0 aromatic carbocycles. The first-order valence-electron chi connectivity index (χ1n) is 6.17. The Kier molecular flexibility index (Phi) is 4.41. The van der Waals surface area contributed by atoms with E-state index >= 15 is 0 Å². The van der Waals surface area contributed by atoms with Crippen LogP contribution in [0.2, 0.25) is 0 Å². The molecule has 1 aliphatic rings. The van der Waals surface area contributed by atoms with E-state index < -0.39 is 9.84 Å². The van der Waals surface area contributed by atoms with Crippen LogP contribution in [0.5, 0.6) is 0 Å². The van der Waals surface area contributed by atoms with Crippen molar-refractivity contribution in [1.29, 1.82) is 0 Å². The van der Waals surface area contributed by atoms with Crippen LogP contribution in [0.15, 0.2) is 0 Å². The summed E-state index contributed by atoms with van der Waals surface area (Å²) in [5.74, 6) is 1.56. The summed E-state index contributed by atoms with van der Waals surface area (Å²) < 4.78 is 23.1. The van der Waals surface area contributed by atoms with E-state index in [-0.39, 0.29) is 5.41 Å². The largest absolute Gasteiger partial charge is 0.317 e. The maximum atomic E-state index is 11.5. The lowest BCUT2D eigenvalue weighted by atomic mass is 9.73. The van der Waals surface area contributed by atoms with Crippen molar-refractivity contribution in [2.24, 2.45) is 17.3 Å². The molecule has 16 heavy (non-hydrogen) atoms. The topological polar surface area (TPSA) is 46.2 Å². The Morgan fingerprint density at radius 1 is 1.38 bits per heavy atom. The Bertz CT molecular complexity index is 316. The minimum Gasteiger partial charge on any atom is -0.317 e. The molecule has 1 fully saturated rings. The van der Waals surface area contributed by atoms with Gasteiger partial charge in [-0.1, -0.05) is 27.7 Å². The number of rotatable bonds is 4. The van der Waals surface area contributed by atoms with Crippen molar-refractivity contribution in [2.75, 3.05) is 24.6 Å². The third kappa shape index (κ3) is 3.74. The zero-order chi connectivity index (χ0) is 12.4. The van der Waals surface area contributed by atoms with Crippen molar-refractivity contribution in [3.8, 4) is 0 Å². The molecule has 3 nitrogen and oxygen atoms in total. The molecule has 1 heterocycles. The molecule has 96 valence electrons. The van der Waals surface area contributed by atoms with Gasteiger partial charge in [-0.25, -0.2) is 8.42 Å². The molecule has 0 radical (unpaired) electrons. The van der Waals surface area contributed by atoms with Gasteiger partial charge in [0.15, 0.2) is 9.84 Å². The van der Waals surface area contributed by atoms with E-state index in [1.54, 1.807) is 0 Å². The van der Waals surface area contributed by atoms with Gasteiger partial charge in [-0.05, 0) is 36.8 Å². The molecular formula is C12H25NO2S. The Balaban J connectivity index is 2.71. The summed E-state index contributed by atoms with van der Waals surface area (Å²) in [6.45, 7) is 10.6. The fraction of sp³-hybridized carbons (Fsp3) is 1.00. The van der Waals surface area contributed by atoms with E-state index in [9.17, 15) is 8.42 Å². The van der Waals surface area contributed by atoms with Crippen LogP contribution in [0.4, 0.5) is 0 Å². The summed E-state index contributed by atoms with van der Waals surface area (Å²) in [5.41, 5.74) is 0.173. The van der Waals surface area contributed by atoms with Crippen LogP contribution in [-0.4, -0.2) is 33.0 Å². The van der Waals surface area contributed by atoms with E-state index in [2.05, 4.69) is 33.0 Å². The second kappa shape index (κ2) is 5.05. The SMILES string of the molecule is CCNCC(C1CCS(=O)(=O)C1)C(C)(C)C. The van der Waals surface area contributed by atoms with Gasteiger partial charge in [0.1, 0.15) is 0 Å². The van der Waals surface area contributed by atoms with Crippen molar-refractivity contribution >= 4 is 9.84 Å². The second-order valence-corrected chi connectivity index (χ2v) is 8.17. The molecular weight excluding hydrogens is 222 g/mol. The minimum atomic E-state index is -2.75. The molecule has 2 unspecified atom stereocenters. The highest BCUT2D eigenvalue weighted by Gasteiger charge is 2.38. The summed E-state index contributed by atoms with van der Waals surface area (Å²) >= 11 is 0. The maximum absolute atomic E-state index is 11.5. The zero-order valence-electron chi connectivity index (χ0n) is 10.9. The van der Waals surface area contributed by atoms with Gasteiger partial charge < -0.3 is 5.32 Å². The van der Waals surface area contributed by atoms with Crippen molar-refractivity contribution in [2.45, 2.75) is 34.1 Å². The fourth-order valence-electron chi connectivity index (χ4n) is 2.62. The van der Waals surface area contributed by atoms with Gasteiger partial charge in [0, 0.05) is 0 Å². The summed E-state index contributed by atoms with van der Waals surface area (Å²) in [6, 6.07) is 0. The number of nitrogens with one attached hydrogen (secondary N) is 1. The average Bonchev–Trinajstić information content (AvgIpc) is 2.44. The summed E-state index contributed by atoms with van der Waals surface area (Å²) in [5, 5.41) is 3.36. The number of hydrogen-bond acceptors (Lipinski definition) is 3. The molecule has 0 bridgehead atoms. The second-order valence-electron chi connectivity index (χ2n) is 5.94. The highest BCUT2D eigenvalue weighted by atomic mass is 32.2. The van der Waals surface area contributed by atoms with Crippen LogP contribution in [-0.2, 0) is 9.84 Å². The monoisotopic (exact) mass is 247 g/mol. The smallest absolute Gasteiger partial charge is 0.150 e. The van der Waals surface area contributed by atoms with Crippen LogP contribution in [0.25, 0.3) is 0 Å². The van der Waals surface area contributed by atoms with Crippen molar-refractivity contribution in [1.82, 2.24) is 5.32 Å². The van der Waals surface area contributed by atoms with Crippen LogP contribution in [0.3, 0.4) is 0 Å². The average molecular weight is 247 g/mol. The van der Waals surface area contributed by atoms with E-state index in [1.807, 2.05) is 0 Å². The van der Waals surface area contributed by atoms with E-state index in [0.29, 0.717) is 23.3 Å². The molecule has 1 N–H and O–H groups in total. The zero-order valence-corrected chi connectivity index (χ0v) is 11.7. The lowest BCUT2D eigenvalue weighted by Gasteiger charge is -2.35. The fourth-order valence-corrected chi connectivity index (χ4v) is 4.50. The predicted molar refractivity (Wildman–Crippen MR) is 68.2 cm³/mol. The maximum Gasteiger partial charge on any atom is 0.150 e. The lowest BCUT2D eigenvalue weighted by Crippen LogP contribution is -2.37. The van der Waals surface area contributed by atoms with E-state index in [0.717, 1.165) is 19.5 Å². The van der Waals surface area contributed by atoms with Crippen LogP contribution in [0.1, 0.15) is 34.1 Å². The standard InChI is InChI=1S/C12H25NO2S/c1-5-13-8-11(12(2,3)4)10-6-7-16(14,15)9-10/h10-11,13H,5-9H2,1-4H3. The summed E-state index contributed by atoms with van der Waals surface area (Å²) in [4.78, 5) is 0. The van der Waals surface area contributed by atoms with Gasteiger partial charge in [0.25, 0.3) is 0 Å². The molecule has 4 heteroatoms. The van der Waals surface area contributed by atoms with Crippen molar-refractivity contribution in [3.63, 3.8) is 0 Å². The normalized spacial score (nSPS) is 26.9. The van der Waals surface area contributed by atoms with Gasteiger partial charge in [-0.2, -0.15) is 0 Å². The first-order chi connectivity index (χ1) is 7.26. The third-order valence-corrected chi connectivity index (χ3v) is 5.36. The molecule has 1 aliphatic heterocycles. The molecule has 0 aliphatic carbocycles.